The van der Waals surface area contributed by atoms with E-state index in [1.807, 2.05) is 42.2 Å². The van der Waals surface area contributed by atoms with Crippen LogP contribution in [0.3, 0.4) is 0 Å². The van der Waals surface area contributed by atoms with Crippen molar-refractivity contribution < 1.29 is 0 Å². The number of imidazole rings is 1. The molecule has 2 aromatic rings. The van der Waals surface area contributed by atoms with Crippen LogP contribution in [-0.2, 0) is 13.5 Å². The molecule has 0 spiro atoms. The van der Waals surface area contributed by atoms with Gasteiger partial charge in [-0.25, -0.2) is 4.98 Å². The summed E-state index contributed by atoms with van der Waals surface area (Å²) in [5, 5.41) is 4.26. The van der Waals surface area contributed by atoms with Gasteiger partial charge in [0.2, 0.25) is 0 Å². The van der Waals surface area contributed by atoms with Gasteiger partial charge in [0.15, 0.2) is 0 Å². The van der Waals surface area contributed by atoms with Gasteiger partial charge in [0.1, 0.15) is 5.82 Å². The third kappa shape index (κ3) is 3.81. The molecule has 1 heterocycles. The Morgan fingerprint density at radius 2 is 2.26 bits per heavy atom. The SMILES string of the molecule is CC(NCCc1nccn1C)c1ccc(Br)cc1Cl. The third-order valence-electron chi connectivity index (χ3n) is 3.15. The summed E-state index contributed by atoms with van der Waals surface area (Å²) in [7, 11) is 2.01. The fourth-order valence-corrected chi connectivity index (χ4v) is 2.84. The Hall–Kier alpha value is -0.840. The second kappa shape index (κ2) is 6.55. The normalized spacial score (nSPS) is 12.6. The zero-order valence-corrected chi connectivity index (χ0v) is 13.4. The average Bonchev–Trinajstić information content (AvgIpc) is 2.75. The lowest BCUT2D eigenvalue weighted by Gasteiger charge is -2.15. The highest BCUT2D eigenvalue weighted by atomic mass is 79.9. The molecule has 0 aliphatic heterocycles. The van der Waals surface area contributed by atoms with Crippen molar-refractivity contribution in [3.63, 3.8) is 0 Å². The lowest BCUT2D eigenvalue weighted by Crippen LogP contribution is -2.22. The number of hydrogen-bond donors (Lipinski definition) is 1. The Labute approximate surface area is 127 Å². The molecule has 1 N–H and O–H groups in total. The van der Waals surface area contributed by atoms with Crippen molar-refractivity contribution in [1.82, 2.24) is 14.9 Å². The van der Waals surface area contributed by atoms with Gasteiger partial charge in [0.25, 0.3) is 0 Å². The van der Waals surface area contributed by atoms with Crippen LogP contribution in [0.2, 0.25) is 5.02 Å². The van der Waals surface area contributed by atoms with Gasteiger partial charge in [-0.3, -0.25) is 0 Å². The molecule has 1 aromatic heterocycles. The molecule has 0 saturated carbocycles. The Morgan fingerprint density at radius 1 is 1.47 bits per heavy atom. The average molecular weight is 343 g/mol. The van der Waals surface area contributed by atoms with Crippen LogP contribution in [0, 0.1) is 0 Å². The van der Waals surface area contributed by atoms with E-state index in [2.05, 4.69) is 33.2 Å². The number of rotatable bonds is 5. The van der Waals surface area contributed by atoms with Crippen molar-refractivity contribution in [2.45, 2.75) is 19.4 Å². The number of aryl methyl sites for hydroxylation is 1. The first-order valence-electron chi connectivity index (χ1n) is 6.22. The lowest BCUT2D eigenvalue weighted by atomic mass is 10.1. The van der Waals surface area contributed by atoms with Crippen molar-refractivity contribution in [3.8, 4) is 0 Å². The quantitative estimate of drug-likeness (QED) is 0.897. The predicted octanol–water partition coefficient (Wildman–Crippen LogP) is 3.73. The zero-order valence-electron chi connectivity index (χ0n) is 11.0. The minimum Gasteiger partial charge on any atom is -0.338 e. The van der Waals surface area contributed by atoms with Crippen LogP contribution >= 0.6 is 27.5 Å². The maximum absolute atomic E-state index is 6.24. The summed E-state index contributed by atoms with van der Waals surface area (Å²) in [6.07, 6.45) is 4.69. The van der Waals surface area contributed by atoms with E-state index in [-0.39, 0.29) is 6.04 Å². The van der Waals surface area contributed by atoms with Crippen LogP contribution in [0.4, 0.5) is 0 Å². The van der Waals surface area contributed by atoms with E-state index >= 15 is 0 Å². The van der Waals surface area contributed by atoms with Crippen LogP contribution in [0.5, 0.6) is 0 Å². The fraction of sp³-hybridized carbons (Fsp3) is 0.357. The van der Waals surface area contributed by atoms with Gasteiger partial charge >= 0.3 is 0 Å². The van der Waals surface area contributed by atoms with Crippen LogP contribution in [0.25, 0.3) is 0 Å². The van der Waals surface area contributed by atoms with Crippen molar-refractivity contribution in [2.75, 3.05) is 6.54 Å². The fourth-order valence-electron chi connectivity index (χ4n) is 2.00. The summed E-state index contributed by atoms with van der Waals surface area (Å²) in [5.41, 5.74) is 1.12. The lowest BCUT2D eigenvalue weighted by molar-refractivity contribution is 0.565. The minimum absolute atomic E-state index is 0.223. The molecule has 0 aliphatic carbocycles. The summed E-state index contributed by atoms with van der Waals surface area (Å²) in [4.78, 5) is 4.31. The van der Waals surface area contributed by atoms with E-state index in [1.54, 1.807) is 0 Å². The van der Waals surface area contributed by atoms with Crippen LogP contribution in [-0.4, -0.2) is 16.1 Å². The molecule has 1 unspecified atom stereocenters. The molecule has 0 fully saturated rings. The van der Waals surface area contributed by atoms with Gasteiger partial charge in [-0.15, -0.1) is 0 Å². The molecule has 3 nitrogen and oxygen atoms in total. The van der Waals surface area contributed by atoms with Gasteiger partial charge < -0.3 is 9.88 Å². The molecule has 19 heavy (non-hydrogen) atoms. The Bertz CT molecular complexity index is 553. The van der Waals surface area contributed by atoms with Crippen LogP contribution in [0.15, 0.2) is 35.1 Å². The molecule has 5 heteroatoms. The minimum atomic E-state index is 0.223. The van der Waals surface area contributed by atoms with Gasteiger partial charge in [0.05, 0.1) is 0 Å². The molecule has 0 saturated heterocycles. The second-order valence-electron chi connectivity index (χ2n) is 4.55. The zero-order chi connectivity index (χ0) is 13.8. The first kappa shape index (κ1) is 14.6. The van der Waals surface area contributed by atoms with E-state index in [9.17, 15) is 0 Å². The van der Waals surface area contributed by atoms with Crippen molar-refractivity contribution in [2.24, 2.45) is 7.05 Å². The molecule has 1 atom stereocenters. The first-order chi connectivity index (χ1) is 9.08. The Kier molecular flexibility index (Phi) is 5.02. The smallest absolute Gasteiger partial charge is 0.109 e. The Balaban J connectivity index is 1.91. The third-order valence-corrected chi connectivity index (χ3v) is 3.97. The molecule has 1 aromatic carbocycles. The maximum atomic E-state index is 6.24. The van der Waals surface area contributed by atoms with Gasteiger partial charge in [-0.05, 0) is 24.6 Å². The summed E-state index contributed by atoms with van der Waals surface area (Å²) in [5.74, 6) is 1.08. The summed E-state index contributed by atoms with van der Waals surface area (Å²) < 4.78 is 3.04. The van der Waals surface area contributed by atoms with E-state index in [0.717, 1.165) is 33.8 Å². The van der Waals surface area contributed by atoms with Crippen LogP contribution < -0.4 is 5.32 Å². The van der Waals surface area contributed by atoms with E-state index < -0.39 is 0 Å². The topological polar surface area (TPSA) is 29.9 Å². The molecule has 0 bridgehead atoms. The second-order valence-corrected chi connectivity index (χ2v) is 5.87. The van der Waals surface area contributed by atoms with E-state index in [1.165, 1.54) is 0 Å². The number of halogens is 2. The molecule has 0 radical (unpaired) electrons. The summed E-state index contributed by atoms with van der Waals surface area (Å²) >= 11 is 9.66. The highest BCUT2D eigenvalue weighted by Gasteiger charge is 2.09. The number of nitrogens with zero attached hydrogens (tertiary/aromatic N) is 2. The molecule has 102 valence electrons. The van der Waals surface area contributed by atoms with Gasteiger partial charge in [-0.1, -0.05) is 33.6 Å². The standard InChI is InChI=1S/C14H17BrClN3/c1-10(12-4-3-11(15)9-13(12)16)17-6-5-14-18-7-8-19(14)2/h3-4,7-10,17H,5-6H2,1-2H3. The number of nitrogens with one attached hydrogen (secondary N) is 1. The molecule has 2 rings (SSSR count). The van der Waals surface area contributed by atoms with Crippen molar-refractivity contribution in [1.29, 1.82) is 0 Å². The van der Waals surface area contributed by atoms with Crippen LogP contribution in [0.1, 0.15) is 24.4 Å². The maximum Gasteiger partial charge on any atom is 0.109 e. The molecule has 0 amide bonds. The molecular formula is C14H17BrClN3. The number of hydrogen-bond acceptors (Lipinski definition) is 2. The Morgan fingerprint density at radius 3 is 2.89 bits per heavy atom. The number of benzene rings is 1. The summed E-state index contributed by atoms with van der Waals surface area (Å²) in [6, 6.07) is 6.21. The monoisotopic (exact) mass is 341 g/mol. The molecular weight excluding hydrogens is 326 g/mol. The summed E-state index contributed by atoms with van der Waals surface area (Å²) in [6.45, 7) is 2.99. The molecule has 0 aliphatic rings. The van der Waals surface area contributed by atoms with E-state index in [0.29, 0.717) is 0 Å². The van der Waals surface area contributed by atoms with Crippen molar-refractivity contribution >= 4 is 27.5 Å². The van der Waals surface area contributed by atoms with Gasteiger partial charge in [-0.2, -0.15) is 0 Å². The predicted molar refractivity (Wildman–Crippen MR) is 82.5 cm³/mol. The first-order valence-corrected chi connectivity index (χ1v) is 7.39. The van der Waals surface area contributed by atoms with Crippen molar-refractivity contribution in [3.05, 3.63) is 51.5 Å². The number of aromatic nitrogens is 2. The highest BCUT2D eigenvalue weighted by Crippen LogP contribution is 2.26. The highest BCUT2D eigenvalue weighted by molar-refractivity contribution is 9.10. The van der Waals surface area contributed by atoms with E-state index in [4.69, 9.17) is 11.6 Å². The van der Waals surface area contributed by atoms with Gasteiger partial charge in [0, 0.05) is 47.9 Å². The largest absolute Gasteiger partial charge is 0.338 e.